The summed E-state index contributed by atoms with van der Waals surface area (Å²) >= 11 is 0. The van der Waals surface area contributed by atoms with Gasteiger partial charge in [0.05, 0.1) is 0 Å². The van der Waals surface area contributed by atoms with Crippen molar-refractivity contribution in [2.75, 3.05) is 39.4 Å². The van der Waals surface area contributed by atoms with Gasteiger partial charge in [0, 0.05) is 74.5 Å². The lowest BCUT2D eigenvalue weighted by Gasteiger charge is -2.31. The average Bonchev–Trinajstić information content (AvgIpc) is 3.16. The smallest absolute Gasteiger partial charge is 0.253 e. The van der Waals surface area contributed by atoms with Gasteiger partial charge in [0.2, 0.25) is 0 Å². The number of piperidine rings is 1. The van der Waals surface area contributed by atoms with Crippen LogP contribution in [0.3, 0.4) is 0 Å². The van der Waals surface area contributed by atoms with Crippen molar-refractivity contribution < 1.29 is 9.53 Å². The molecule has 0 N–H and O–H groups in total. The lowest BCUT2D eigenvalue weighted by atomic mass is 9.95. The molecule has 1 aromatic carbocycles. The quantitative estimate of drug-likeness (QED) is 0.590. The maximum atomic E-state index is 13.3. The minimum atomic E-state index is 0.196. The van der Waals surface area contributed by atoms with Crippen LogP contribution < -0.4 is 0 Å². The number of rotatable bonds is 6. The second-order valence-corrected chi connectivity index (χ2v) is 10.4. The third kappa shape index (κ3) is 4.76. The van der Waals surface area contributed by atoms with Crippen molar-refractivity contribution in [3.8, 4) is 0 Å². The van der Waals surface area contributed by atoms with Gasteiger partial charge in [-0.05, 0) is 74.2 Å². The summed E-state index contributed by atoms with van der Waals surface area (Å²) in [7, 11) is 0. The third-order valence-corrected chi connectivity index (χ3v) is 8.16. The first-order valence-electron chi connectivity index (χ1n) is 13.0. The molecule has 0 aliphatic carbocycles. The highest BCUT2D eigenvalue weighted by Crippen LogP contribution is 2.33. The summed E-state index contributed by atoms with van der Waals surface area (Å²) < 4.78 is 7.96. The first kappa shape index (κ1) is 22.7. The summed E-state index contributed by atoms with van der Waals surface area (Å²) in [5.41, 5.74) is 4.94. The summed E-state index contributed by atoms with van der Waals surface area (Å²) in [6, 6.07) is 6.38. The number of hydrogen-bond donors (Lipinski definition) is 0. The van der Waals surface area contributed by atoms with Crippen molar-refractivity contribution in [2.45, 2.75) is 58.5 Å². The van der Waals surface area contributed by atoms with E-state index in [0.29, 0.717) is 0 Å². The number of fused-ring (bicyclic) bond motifs is 3. The van der Waals surface area contributed by atoms with Crippen LogP contribution in [0.4, 0.5) is 0 Å². The van der Waals surface area contributed by atoms with E-state index in [1.807, 2.05) is 12.1 Å². The average molecular weight is 450 g/mol. The van der Waals surface area contributed by atoms with Crippen LogP contribution in [0.2, 0.25) is 0 Å². The number of allylic oxidation sites excluding steroid dienone is 1. The van der Waals surface area contributed by atoms with Gasteiger partial charge in [-0.3, -0.25) is 9.69 Å². The highest BCUT2D eigenvalue weighted by atomic mass is 16.5. The zero-order valence-electron chi connectivity index (χ0n) is 20.2. The second-order valence-electron chi connectivity index (χ2n) is 10.4. The zero-order chi connectivity index (χ0) is 22.8. The molecular weight excluding hydrogens is 410 g/mol. The Kier molecular flexibility index (Phi) is 6.89. The molecule has 3 aliphatic rings. The van der Waals surface area contributed by atoms with E-state index in [2.05, 4.69) is 40.0 Å². The van der Waals surface area contributed by atoms with Crippen LogP contribution in [0.1, 0.15) is 60.6 Å². The standard InChI is InChI=1S/C28H39N3O2/c1-3-12-31-26-5-4-23(28(32)30-15-6-21(2)7-16-30)19-24(26)25-20-29(14-9-27(25)31)13-8-22-10-17-33-18-11-22/h3-5,19,21-22H,1,6-18,20H2,2H3. The Labute approximate surface area is 198 Å². The van der Waals surface area contributed by atoms with E-state index in [1.54, 1.807) is 0 Å². The number of amides is 1. The molecule has 3 aliphatic heterocycles. The number of likely N-dealkylation sites (tertiary alicyclic amines) is 1. The van der Waals surface area contributed by atoms with Crippen LogP contribution in [0, 0.1) is 11.8 Å². The Bertz CT molecular complexity index is 996. The fourth-order valence-electron chi connectivity index (χ4n) is 5.96. The molecule has 0 unspecified atom stereocenters. The van der Waals surface area contributed by atoms with Crippen LogP contribution in [0.5, 0.6) is 0 Å². The van der Waals surface area contributed by atoms with E-state index in [1.165, 1.54) is 41.4 Å². The van der Waals surface area contributed by atoms with E-state index in [4.69, 9.17) is 4.74 Å². The molecule has 5 rings (SSSR count). The minimum absolute atomic E-state index is 0.196. The van der Waals surface area contributed by atoms with Crippen molar-refractivity contribution >= 4 is 16.8 Å². The van der Waals surface area contributed by atoms with Gasteiger partial charge in [0.15, 0.2) is 0 Å². The molecule has 0 saturated carbocycles. The number of carbonyl (C=O) groups is 1. The van der Waals surface area contributed by atoms with E-state index < -0.39 is 0 Å². The van der Waals surface area contributed by atoms with Gasteiger partial charge in [-0.15, -0.1) is 6.58 Å². The molecule has 1 amide bonds. The Morgan fingerprint density at radius 3 is 2.70 bits per heavy atom. The van der Waals surface area contributed by atoms with Crippen molar-refractivity contribution in [2.24, 2.45) is 11.8 Å². The van der Waals surface area contributed by atoms with Gasteiger partial charge in [-0.1, -0.05) is 13.0 Å². The molecule has 1 aromatic heterocycles. The Morgan fingerprint density at radius 2 is 1.94 bits per heavy atom. The topological polar surface area (TPSA) is 37.7 Å². The second kappa shape index (κ2) is 10.0. The maximum Gasteiger partial charge on any atom is 0.253 e. The van der Waals surface area contributed by atoms with E-state index in [-0.39, 0.29) is 5.91 Å². The Morgan fingerprint density at radius 1 is 1.15 bits per heavy atom. The SMILES string of the molecule is C=CCn1c2c(c3cc(C(=O)N4CCC(C)CC4)ccc31)CN(CCC1CCOCC1)CC2. The monoisotopic (exact) mass is 449 g/mol. The highest BCUT2D eigenvalue weighted by molar-refractivity contribution is 5.99. The Balaban J connectivity index is 1.38. The molecular formula is C28H39N3O2. The van der Waals surface area contributed by atoms with Gasteiger partial charge >= 0.3 is 0 Å². The molecule has 0 atom stereocenters. The predicted octanol–water partition coefficient (Wildman–Crippen LogP) is 4.87. The number of nitrogens with zero attached hydrogens (tertiary/aromatic N) is 3. The summed E-state index contributed by atoms with van der Waals surface area (Å²) in [5, 5.41) is 1.26. The van der Waals surface area contributed by atoms with Gasteiger partial charge in [0.25, 0.3) is 5.91 Å². The molecule has 33 heavy (non-hydrogen) atoms. The molecule has 0 bridgehead atoms. The molecule has 0 radical (unpaired) electrons. The number of ether oxygens (including phenoxy) is 1. The normalized spacial score (nSPS) is 20.8. The maximum absolute atomic E-state index is 13.3. The van der Waals surface area contributed by atoms with Crippen molar-refractivity contribution in [3.63, 3.8) is 0 Å². The van der Waals surface area contributed by atoms with Crippen LogP contribution in [-0.2, 0) is 24.2 Å². The first-order valence-corrected chi connectivity index (χ1v) is 13.0. The number of benzene rings is 1. The minimum Gasteiger partial charge on any atom is -0.381 e. The zero-order valence-corrected chi connectivity index (χ0v) is 20.2. The number of aromatic nitrogens is 1. The first-order chi connectivity index (χ1) is 16.1. The predicted molar refractivity (Wildman–Crippen MR) is 134 cm³/mol. The van der Waals surface area contributed by atoms with E-state index in [0.717, 1.165) is 89.1 Å². The van der Waals surface area contributed by atoms with Crippen LogP contribution in [0.25, 0.3) is 10.9 Å². The molecule has 2 saturated heterocycles. The van der Waals surface area contributed by atoms with Crippen molar-refractivity contribution in [3.05, 3.63) is 47.7 Å². The summed E-state index contributed by atoms with van der Waals surface area (Å²) in [5.74, 6) is 1.73. The van der Waals surface area contributed by atoms with Crippen LogP contribution in [-0.4, -0.2) is 59.7 Å². The fourth-order valence-corrected chi connectivity index (χ4v) is 5.96. The fraction of sp³-hybridized carbons (Fsp3) is 0.607. The van der Waals surface area contributed by atoms with Crippen molar-refractivity contribution in [1.29, 1.82) is 0 Å². The van der Waals surface area contributed by atoms with Crippen molar-refractivity contribution in [1.82, 2.24) is 14.4 Å². The molecule has 2 fully saturated rings. The molecule has 178 valence electrons. The van der Waals surface area contributed by atoms with Gasteiger partial charge in [-0.25, -0.2) is 0 Å². The summed E-state index contributed by atoms with van der Waals surface area (Å²) in [4.78, 5) is 17.9. The van der Waals surface area contributed by atoms with E-state index in [9.17, 15) is 4.79 Å². The van der Waals surface area contributed by atoms with E-state index >= 15 is 0 Å². The lowest BCUT2D eigenvalue weighted by Crippen LogP contribution is -2.37. The van der Waals surface area contributed by atoms with Gasteiger partial charge in [-0.2, -0.15) is 0 Å². The van der Waals surface area contributed by atoms with Crippen LogP contribution >= 0.6 is 0 Å². The summed E-state index contributed by atoms with van der Waals surface area (Å²) in [6.07, 6.45) is 8.96. The lowest BCUT2D eigenvalue weighted by molar-refractivity contribution is 0.0594. The molecule has 2 aromatic rings. The number of carbonyl (C=O) groups excluding carboxylic acids is 1. The van der Waals surface area contributed by atoms with Gasteiger partial charge < -0.3 is 14.2 Å². The number of hydrogen-bond acceptors (Lipinski definition) is 3. The van der Waals surface area contributed by atoms with Gasteiger partial charge in [0.1, 0.15) is 0 Å². The molecule has 4 heterocycles. The molecule has 0 spiro atoms. The Hall–Kier alpha value is -2.11. The molecule has 5 nitrogen and oxygen atoms in total. The highest BCUT2D eigenvalue weighted by Gasteiger charge is 2.27. The van der Waals surface area contributed by atoms with Crippen LogP contribution in [0.15, 0.2) is 30.9 Å². The third-order valence-electron chi connectivity index (χ3n) is 8.16. The summed E-state index contributed by atoms with van der Waals surface area (Å²) in [6.45, 7) is 14.0. The largest absolute Gasteiger partial charge is 0.381 e. The molecule has 5 heteroatoms.